The predicted octanol–water partition coefficient (Wildman–Crippen LogP) is 4.06. The molecule has 76 valence electrons. The molecule has 0 atom stereocenters. The van der Waals surface area contributed by atoms with E-state index in [-0.39, 0.29) is 0 Å². The highest BCUT2D eigenvalue weighted by atomic mass is 79.9. The molecule has 1 aliphatic rings. The van der Waals surface area contributed by atoms with Crippen LogP contribution in [0.5, 0.6) is 5.75 Å². The van der Waals surface area contributed by atoms with E-state index in [4.69, 9.17) is 4.74 Å². The fourth-order valence-corrected chi connectivity index (χ4v) is 2.90. The van der Waals surface area contributed by atoms with Gasteiger partial charge in [-0.15, -0.1) is 0 Å². The lowest BCUT2D eigenvalue weighted by molar-refractivity contribution is 0.127. The molecule has 1 aromatic carbocycles. The third-order valence-corrected chi connectivity index (χ3v) is 3.79. The molecule has 0 amide bonds. The third-order valence-electron chi connectivity index (χ3n) is 2.42. The summed E-state index contributed by atoms with van der Waals surface area (Å²) >= 11 is 7.06. The van der Waals surface area contributed by atoms with Gasteiger partial charge in [-0.05, 0) is 53.4 Å². The lowest BCUT2D eigenvalue weighted by atomic mass is 9.96. The maximum absolute atomic E-state index is 5.83. The van der Waals surface area contributed by atoms with Crippen molar-refractivity contribution in [3.8, 4) is 5.75 Å². The summed E-state index contributed by atoms with van der Waals surface area (Å²) in [5.41, 5.74) is 1.25. The molecular weight excluding hydrogens is 308 g/mol. The lowest BCUT2D eigenvalue weighted by Gasteiger charge is -2.31. The number of halogens is 2. The molecule has 0 spiro atoms. The Kier molecular flexibility index (Phi) is 3.17. The first-order chi connectivity index (χ1) is 6.65. The van der Waals surface area contributed by atoms with Gasteiger partial charge < -0.3 is 4.74 Å². The van der Waals surface area contributed by atoms with Gasteiger partial charge in [-0.3, -0.25) is 0 Å². The number of benzene rings is 1. The van der Waals surface area contributed by atoms with E-state index in [2.05, 4.69) is 50.9 Å². The molecule has 0 unspecified atom stereocenters. The van der Waals surface area contributed by atoms with Gasteiger partial charge in [0.2, 0.25) is 0 Å². The summed E-state index contributed by atoms with van der Waals surface area (Å²) in [6.45, 7) is 2.08. The highest BCUT2D eigenvalue weighted by Gasteiger charge is 2.28. The summed E-state index contributed by atoms with van der Waals surface area (Å²) in [4.78, 5) is 0.650. The zero-order valence-corrected chi connectivity index (χ0v) is 11.1. The Morgan fingerprint density at radius 2 is 2.07 bits per heavy atom. The van der Waals surface area contributed by atoms with Crippen LogP contribution in [0.1, 0.15) is 18.4 Å². The van der Waals surface area contributed by atoms with Crippen molar-refractivity contribution in [3.05, 3.63) is 28.2 Å². The molecule has 1 fully saturated rings. The normalized spacial score (nSPS) is 25.6. The van der Waals surface area contributed by atoms with Crippen LogP contribution in [0, 0.1) is 6.92 Å². The summed E-state index contributed by atoms with van der Waals surface area (Å²) in [6, 6.07) is 6.19. The van der Waals surface area contributed by atoms with Gasteiger partial charge in [-0.1, -0.05) is 22.0 Å². The van der Waals surface area contributed by atoms with Crippen LogP contribution in [-0.4, -0.2) is 10.9 Å². The Bertz CT molecular complexity index is 332. The average molecular weight is 320 g/mol. The van der Waals surface area contributed by atoms with Crippen molar-refractivity contribution in [2.45, 2.75) is 30.7 Å². The third kappa shape index (κ3) is 2.31. The number of aryl methyl sites for hydroxylation is 1. The molecule has 2 rings (SSSR count). The Labute approximate surface area is 101 Å². The molecule has 0 aliphatic heterocycles. The van der Waals surface area contributed by atoms with Crippen LogP contribution in [0.2, 0.25) is 0 Å². The summed E-state index contributed by atoms with van der Waals surface area (Å²) in [5, 5.41) is 0. The second-order valence-electron chi connectivity index (χ2n) is 3.74. The molecule has 1 nitrogen and oxygen atoms in total. The maximum atomic E-state index is 5.83. The van der Waals surface area contributed by atoms with Crippen molar-refractivity contribution in [2.24, 2.45) is 0 Å². The van der Waals surface area contributed by atoms with Crippen molar-refractivity contribution in [2.75, 3.05) is 0 Å². The first kappa shape index (κ1) is 10.5. The van der Waals surface area contributed by atoms with Gasteiger partial charge in [0.05, 0.1) is 4.47 Å². The number of hydrogen-bond donors (Lipinski definition) is 0. The van der Waals surface area contributed by atoms with Gasteiger partial charge in [0.25, 0.3) is 0 Å². The Balaban J connectivity index is 2.02. The molecular formula is C11H12Br2O. The highest BCUT2D eigenvalue weighted by molar-refractivity contribution is 9.10. The number of ether oxygens (including phenoxy) is 1. The first-order valence-corrected chi connectivity index (χ1v) is 6.43. The number of hydrogen-bond acceptors (Lipinski definition) is 1. The molecule has 0 radical (unpaired) electrons. The Morgan fingerprint density at radius 1 is 1.36 bits per heavy atom. The minimum absolute atomic E-state index is 0.387. The van der Waals surface area contributed by atoms with E-state index in [1.807, 2.05) is 6.07 Å². The Morgan fingerprint density at radius 3 is 2.64 bits per heavy atom. The first-order valence-electron chi connectivity index (χ1n) is 4.72. The van der Waals surface area contributed by atoms with Crippen molar-refractivity contribution >= 4 is 31.9 Å². The fraction of sp³-hybridized carbons (Fsp3) is 0.455. The van der Waals surface area contributed by atoms with Crippen molar-refractivity contribution in [1.29, 1.82) is 0 Å². The smallest absolute Gasteiger partial charge is 0.133 e. The van der Waals surface area contributed by atoms with Gasteiger partial charge in [0.15, 0.2) is 0 Å². The standard InChI is InChI=1S/C11H12Br2O/c1-7-2-3-11(10(13)4-7)14-9-5-8(12)6-9/h2-4,8-9H,5-6H2,1H3. The van der Waals surface area contributed by atoms with E-state index in [0.29, 0.717) is 10.9 Å². The van der Waals surface area contributed by atoms with Crippen molar-refractivity contribution in [3.63, 3.8) is 0 Å². The molecule has 0 bridgehead atoms. The SMILES string of the molecule is Cc1ccc(OC2CC(Br)C2)c(Br)c1. The van der Waals surface area contributed by atoms with Crippen LogP contribution in [0.3, 0.4) is 0 Å². The van der Waals surface area contributed by atoms with E-state index >= 15 is 0 Å². The van der Waals surface area contributed by atoms with Gasteiger partial charge in [0, 0.05) is 4.83 Å². The van der Waals surface area contributed by atoms with Crippen LogP contribution < -0.4 is 4.74 Å². The maximum Gasteiger partial charge on any atom is 0.133 e. The van der Waals surface area contributed by atoms with E-state index in [0.717, 1.165) is 23.1 Å². The molecule has 0 saturated heterocycles. The molecule has 0 aromatic heterocycles. The largest absolute Gasteiger partial charge is 0.489 e. The Hall–Kier alpha value is -0.0200. The summed E-state index contributed by atoms with van der Waals surface area (Å²) in [6.07, 6.45) is 2.61. The molecule has 0 N–H and O–H groups in total. The average Bonchev–Trinajstić information content (AvgIpc) is 2.06. The minimum Gasteiger partial charge on any atom is -0.489 e. The topological polar surface area (TPSA) is 9.23 Å². The fourth-order valence-electron chi connectivity index (χ4n) is 1.48. The quantitative estimate of drug-likeness (QED) is 0.747. The second-order valence-corrected chi connectivity index (χ2v) is 5.89. The van der Waals surface area contributed by atoms with Crippen LogP contribution >= 0.6 is 31.9 Å². The van der Waals surface area contributed by atoms with Crippen molar-refractivity contribution < 1.29 is 4.74 Å². The van der Waals surface area contributed by atoms with Crippen LogP contribution in [0.4, 0.5) is 0 Å². The molecule has 14 heavy (non-hydrogen) atoms. The van der Waals surface area contributed by atoms with Crippen LogP contribution in [0.25, 0.3) is 0 Å². The monoisotopic (exact) mass is 318 g/mol. The van der Waals surface area contributed by atoms with Gasteiger partial charge >= 0.3 is 0 Å². The molecule has 1 aromatic rings. The van der Waals surface area contributed by atoms with E-state index in [1.54, 1.807) is 0 Å². The zero-order valence-electron chi connectivity index (χ0n) is 7.97. The summed E-state index contributed by atoms with van der Waals surface area (Å²) in [7, 11) is 0. The van der Waals surface area contributed by atoms with Crippen molar-refractivity contribution in [1.82, 2.24) is 0 Å². The van der Waals surface area contributed by atoms with Gasteiger partial charge in [-0.25, -0.2) is 0 Å². The second kappa shape index (κ2) is 4.23. The van der Waals surface area contributed by atoms with Gasteiger partial charge in [0.1, 0.15) is 11.9 Å². The molecule has 3 heteroatoms. The van der Waals surface area contributed by atoms with E-state index in [1.165, 1.54) is 5.56 Å². The van der Waals surface area contributed by atoms with Crippen LogP contribution in [-0.2, 0) is 0 Å². The van der Waals surface area contributed by atoms with E-state index < -0.39 is 0 Å². The lowest BCUT2D eigenvalue weighted by Crippen LogP contribution is -2.34. The zero-order chi connectivity index (χ0) is 10.1. The molecule has 0 heterocycles. The number of rotatable bonds is 2. The van der Waals surface area contributed by atoms with Crippen LogP contribution in [0.15, 0.2) is 22.7 Å². The van der Waals surface area contributed by atoms with Gasteiger partial charge in [-0.2, -0.15) is 0 Å². The summed E-state index contributed by atoms with van der Waals surface area (Å²) < 4.78 is 6.88. The predicted molar refractivity (Wildman–Crippen MR) is 65.2 cm³/mol. The molecule has 1 aliphatic carbocycles. The van der Waals surface area contributed by atoms with E-state index in [9.17, 15) is 0 Å². The highest BCUT2D eigenvalue weighted by Crippen LogP contribution is 2.34. The number of alkyl halides is 1. The molecule has 1 saturated carbocycles. The summed E-state index contributed by atoms with van der Waals surface area (Å²) in [5.74, 6) is 0.958. The minimum atomic E-state index is 0.387.